The molecule has 26 heavy (non-hydrogen) atoms. The van der Waals surface area contributed by atoms with Gasteiger partial charge in [-0.25, -0.2) is 9.37 Å². The van der Waals surface area contributed by atoms with Crippen molar-refractivity contribution in [3.05, 3.63) is 106 Å². The standard InChI is InChI=1S/C22H15FN2O/c23-18-11-5-7-13-20(18)25-21(15-14-16-8-2-1-3-9-16)24-19-12-6-4-10-17(19)22(25)26/h1-15H/b15-14+. The zero-order chi connectivity index (χ0) is 17.9. The van der Waals surface area contributed by atoms with Gasteiger partial charge in [-0.2, -0.15) is 0 Å². The molecule has 1 heterocycles. The Hall–Kier alpha value is -3.53. The van der Waals surface area contributed by atoms with E-state index in [9.17, 15) is 9.18 Å². The summed E-state index contributed by atoms with van der Waals surface area (Å²) in [6, 6.07) is 23.0. The first-order valence-corrected chi connectivity index (χ1v) is 8.24. The molecule has 0 saturated carbocycles. The maximum absolute atomic E-state index is 14.4. The lowest BCUT2D eigenvalue weighted by Crippen LogP contribution is -2.23. The largest absolute Gasteiger partial charge is 0.268 e. The second-order valence-corrected chi connectivity index (χ2v) is 5.82. The number of hydrogen-bond acceptors (Lipinski definition) is 2. The Morgan fingerprint density at radius 1 is 0.808 bits per heavy atom. The summed E-state index contributed by atoms with van der Waals surface area (Å²) >= 11 is 0. The highest BCUT2D eigenvalue weighted by atomic mass is 19.1. The first-order chi connectivity index (χ1) is 12.7. The van der Waals surface area contributed by atoms with Gasteiger partial charge in [0.25, 0.3) is 5.56 Å². The van der Waals surface area contributed by atoms with Crippen LogP contribution in [0.2, 0.25) is 0 Å². The molecule has 0 aliphatic rings. The highest BCUT2D eigenvalue weighted by Gasteiger charge is 2.13. The molecule has 126 valence electrons. The monoisotopic (exact) mass is 342 g/mol. The number of aromatic nitrogens is 2. The molecule has 0 spiro atoms. The predicted octanol–water partition coefficient (Wildman–Crippen LogP) is 4.70. The molecule has 1 aromatic heterocycles. The number of fused-ring (bicyclic) bond motifs is 1. The maximum Gasteiger partial charge on any atom is 0.266 e. The van der Waals surface area contributed by atoms with Crippen LogP contribution in [-0.4, -0.2) is 9.55 Å². The predicted molar refractivity (Wildman–Crippen MR) is 103 cm³/mol. The summed E-state index contributed by atoms with van der Waals surface area (Å²) in [6.07, 6.45) is 3.59. The fourth-order valence-electron chi connectivity index (χ4n) is 2.86. The van der Waals surface area contributed by atoms with Crippen molar-refractivity contribution in [1.29, 1.82) is 0 Å². The second kappa shape index (κ2) is 6.76. The van der Waals surface area contributed by atoms with Crippen molar-refractivity contribution >= 4 is 23.1 Å². The molecule has 0 amide bonds. The lowest BCUT2D eigenvalue weighted by atomic mass is 10.2. The number of para-hydroxylation sites is 2. The molecule has 4 heteroatoms. The van der Waals surface area contributed by atoms with Crippen LogP contribution in [0.3, 0.4) is 0 Å². The first-order valence-electron chi connectivity index (χ1n) is 8.24. The highest BCUT2D eigenvalue weighted by molar-refractivity contribution is 5.80. The Morgan fingerprint density at radius 3 is 2.31 bits per heavy atom. The van der Waals surface area contributed by atoms with Crippen LogP contribution >= 0.6 is 0 Å². The summed E-state index contributed by atoms with van der Waals surface area (Å²) in [5.74, 6) is -0.0938. The summed E-state index contributed by atoms with van der Waals surface area (Å²) in [5.41, 5.74) is 1.43. The summed E-state index contributed by atoms with van der Waals surface area (Å²) < 4.78 is 15.7. The lowest BCUT2D eigenvalue weighted by Gasteiger charge is -2.12. The molecule has 4 aromatic rings. The first kappa shape index (κ1) is 16.0. The molecule has 0 fully saturated rings. The zero-order valence-corrected chi connectivity index (χ0v) is 13.8. The third kappa shape index (κ3) is 2.93. The fourth-order valence-corrected chi connectivity index (χ4v) is 2.86. The number of nitrogens with zero attached hydrogens (tertiary/aromatic N) is 2. The van der Waals surface area contributed by atoms with E-state index in [4.69, 9.17) is 0 Å². The van der Waals surface area contributed by atoms with E-state index in [1.54, 1.807) is 42.5 Å². The Bertz CT molecular complexity index is 1160. The van der Waals surface area contributed by atoms with E-state index in [2.05, 4.69) is 4.98 Å². The maximum atomic E-state index is 14.4. The van der Waals surface area contributed by atoms with Gasteiger partial charge in [0.1, 0.15) is 11.6 Å². The van der Waals surface area contributed by atoms with Crippen LogP contribution in [0.5, 0.6) is 0 Å². The van der Waals surface area contributed by atoms with Crippen LogP contribution in [0.4, 0.5) is 4.39 Å². The molecule has 0 radical (unpaired) electrons. The second-order valence-electron chi connectivity index (χ2n) is 5.82. The quantitative estimate of drug-likeness (QED) is 0.541. The van der Waals surface area contributed by atoms with Gasteiger partial charge in [-0.1, -0.05) is 60.7 Å². The molecule has 0 unspecified atom stereocenters. The molecule has 3 nitrogen and oxygen atoms in total. The van der Waals surface area contributed by atoms with E-state index in [0.29, 0.717) is 16.7 Å². The zero-order valence-electron chi connectivity index (χ0n) is 13.8. The molecule has 0 atom stereocenters. The average molecular weight is 342 g/mol. The van der Waals surface area contributed by atoms with Gasteiger partial charge in [-0.15, -0.1) is 0 Å². The molecule has 0 aliphatic heterocycles. The van der Waals surface area contributed by atoms with Crippen molar-refractivity contribution in [1.82, 2.24) is 9.55 Å². The van der Waals surface area contributed by atoms with E-state index >= 15 is 0 Å². The minimum absolute atomic E-state index is 0.184. The van der Waals surface area contributed by atoms with Gasteiger partial charge in [-0.3, -0.25) is 9.36 Å². The third-order valence-corrected chi connectivity index (χ3v) is 4.12. The van der Waals surface area contributed by atoms with E-state index in [0.717, 1.165) is 5.56 Å². The van der Waals surface area contributed by atoms with Crippen molar-refractivity contribution in [3.63, 3.8) is 0 Å². The average Bonchev–Trinajstić information content (AvgIpc) is 2.68. The smallest absolute Gasteiger partial charge is 0.266 e. The van der Waals surface area contributed by atoms with Crippen molar-refractivity contribution in [2.45, 2.75) is 0 Å². The van der Waals surface area contributed by atoms with Gasteiger partial charge in [0.05, 0.1) is 16.6 Å². The number of hydrogen-bond donors (Lipinski definition) is 0. The van der Waals surface area contributed by atoms with Gasteiger partial charge < -0.3 is 0 Å². The van der Waals surface area contributed by atoms with E-state index in [-0.39, 0.29) is 11.2 Å². The molecule has 0 bridgehead atoms. The highest BCUT2D eigenvalue weighted by Crippen LogP contribution is 2.17. The fraction of sp³-hybridized carbons (Fsp3) is 0. The van der Waals surface area contributed by atoms with E-state index < -0.39 is 5.82 Å². The Kier molecular flexibility index (Phi) is 4.15. The third-order valence-electron chi connectivity index (χ3n) is 4.12. The lowest BCUT2D eigenvalue weighted by molar-refractivity contribution is 0.615. The van der Waals surface area contributed by atoms with Crippen molar-refractivity contribution in [3.8, 4) is 5.69 Å². The van der Waals surface area contributed by atoms with Crippen molar-refractivity contribution in [2.24, 2.45) is 0 Å². The molecule has 4 rings (SSSR count). The number of benzene rings is 3. The molecule has 0 saturated heterocycles. The summed E-state index contributed by atoms with van der Waals surface area (Å²) in [5, 5.41) is 0.451. The minimum atomic E-state index is -0.471. The minimum Gasteiger partial charge on any atom is -0.268 e. The summed E-state index contributed by atoms with van der Waals surface area (Å²) in [6.45, 7) is 0. The molecule has 3 aromatic carbocycles. The van der Waals surface area contributed by atoms with Gasteiger partial charge >= 0.3 is 0 Å². The van der Waals surface area contributed by atoms with Crippen molar-refractivity contribution in [2.75, 3.05) is 0 Å². The van der Waals surface area contributed by atoms with Crippen LogP contribution < -0.4 is 5.56 Å². The Balaban J connectivity index is 1.99. The number of rotatable bonds is 3. The Labute approximate surface area is 149 Å². The van der Waals surface area contributed by atoms with Crippen LogP contribution in [0, 0.1) is 5.82 Å². The normalized spacial score (nSPS) is 11.3. The van der Waals surface area contributed by atoms with Gasteiger partial charge in [-0.05, 0) is 35.9 Å². The van der Waals surface area contributed by atoms with Crippen molar-refractivity contribution < 1.29 is 4.39 Å². The van der Waals surface area contributed by atoms with Gasteiger partial charge in [0, 0.05) is 0 Å². The van der Waals surface area contributed by atoms with E-state index in [1.807, 2.05) is 42.5 Å². The Morgan fingerprint density at radius 2 is 1.50 bits per heavy atom. The molecule has 0 aliphatic carbocycles. The molecule has 0 N–H and O–H groups in total. The molecular weight excluding hydrogens is 327 g/mol. The van der Waals surface area contributed by atoms with Gasteiger partial charge in [0.15, 0.2) is 0 Å². The van der Waals surface area contributed by atoms with Crippen LogP contribution in [-0.2, 0) is 0 Å². The molecular formula is C22H15FN2O. The van der Waals surface area contributed by atoms with Crippen LogP contribution in [0.1, 0.15) is 11.4 Å². The van der Waals surface area contributed by atoms with Crippen LogP contribution in [0.15, 0.2) is 83.7 Å². The van der Waals surface area contributed by atoms with Gasteiger partial charge in [0.2, 0.25) is 0 Å². The van der Waals surface area contributed by atoms with Crippen LogP contribution in [0.25, 0.3) is 28.7 Å². The van der Waals surface area contributed by atoms with E-state index in [1.165, 1.54) is 10.6 Å². The summed E-state index contributed by atoms with van der Waals surface area (Å²) in [7, 11) is 0. The topological polar surface area (TPSA) is 34.9 Å². The summed E-state index contributed by atoms with van der Waals surface area (Å²) in [4.78, 5) is 17.6. The SMILES string of the molecule is O=c1c2ccccc2nc(/C=C/c2ccccc2)n1-c1ccccc1F. The number of halogens is 1.